The van der Waals surface area contributed by atoms with E-state index in [1.54, 1.807) is 18.3 Å². The maximum absolute atomic E-state index is 13.2. The Bertz CT molecular complexity index is 1070. The average Bonchev–Trinajstić information content (AvgIpc) is 2.93. The van der Waals surface area contributed by atoms with Crippen LogP contribution in [-0.2, 0) is 16.0 Å². The highest BCUT2D eigenvalue weighted by molar-refractivity contribution is 6.20. The lowest BCUT2D eigenvalue weighted by molar-refractivity contribution is -0.146. The Labute approximate surface area is 159 Å². The second kappa shape index (κ2) is 5.88. The fourth-order valence-electron chi connectivity index (χ4n) is 4.80. The maximum Gasteiger partial charge on any atom is 0.328 e. The highest BCUT2D eigenvalue weighted by Crippen LogP contribution is 2.44. The van der Waals surface area contributed by atoms with Crippen molar-refractivity contribution in [2.45, 2.75) is 38.1 Å². The van der Waals surface area contributed by atoms with Gasteiger partial charge >= 0.3 is 6.03 Å². The molecule has 2 aromatic heterocycles. The normalized spacial score (nSPS) is 23.6. The molecule has 0 aliphatic carbocycles. The molecule has 1 unspecified atom stereocenters. The first-order valence-corrected chi connectivity index (χ1v) is 9.46. The van der Waals surface area contributed by atoms with E-state index in [1.165, 1.54) is 4.40 Å². The summed E-state index contributed by atoms with van der Waals surface area (Å²) in [6, 6.07) is 4.03. The smallest absolute Gasteiger partial charge is 0.328 e. The summed E-state index contributed by atoms with van der Waals surface area (Å²) in [6.07, 6.45) is 4.87. The van der Waals surface area contributed by atoms with Crippen LogP contribution < -0.4 is 21.1 Å². The number of barbiturate groups is 1. The van der Waals surface area contributed by atoms with Crippen LogP contribution in [0.15, 0.2) is 29.2 Å². The van der Waals surface area contributed by atoms with Gasteiger partial charge in [-0.05, 0) is 25.0 Å². The van der Waals surface area contributed by atoms with Gasteiger partial charge in [0.15, 0.2) is 5.41 Å². The lowest BCUT2D eigenvalue weighted by Gasteiger charge is -2.48. The van der Waals surface area contributed by atoms with E-state index >= 15 is 0 Å². The van der Waals surface area contributed by atoms with E-state index in [2.05, 4.69) is 10.6 Å². The molecule has 1 spiro atoms. The van der Waals surface area contributed by atoms with E-state index in [0.29, 0.717) is 30.0 Å². The van der Waals surface area contributed by atoms with Gasteiger partial charge in [0.2, 0.25) is 11.8 Å². The molecule has 0 radical (unpaired) electrons. The SMILES string of the molecule is O=C1NC(=O)C2(Cc3c(nc4ccccn4c3=O)N3CCCCCC32)C(=O)N1. The quantitative estimate of drug-likeness (QED) is 0.637. The minimum atomic E-state index is -1.52. The number of fused-ring (bicyclic) bond motifs is 5. The van der Waals surface area contributed by atoms with Crippen LogP contribution in [-0.4, -0.2) is 39.8 Å². The van der Waals surface area contributed by atoms with Crippen LogP contribution in [0.1, 0.15) is 31.2 Å². The second-order valence-corrected chi connectivity index (χ2v) is 7.59. The number of aromatic nitrogens is 2. The summed E-state index contributed by atoms with van der Waals surface area (Å²) in [4.78, 5) is 57.5. The molecule has 2 fully saturated rings. The first-order chi connectivity index (χ1) is 13.5. The van der Waals surface area contributed by atoms with E-state index < -0.39 is 29.3 Å². The van der Waals surface area contributed by atoms with Gasteiger partial charge in [0, 0.05) is 19.2 Å². The molecule has 2 aromatic rings. The van der Waals surface area contributed by atoms with Crippen molar-refractivity contribution in [2.75, 3.05) is 11.4 Å². The number of amides is 4. The highest BCUT2D eigenvalue weighted by Gasteiger charge is 2.60. The van der Waals surface area contributed by atoms with Crippen LogP contribution in [0.4, 0.5) is 10.6 Å². The zero-order chi connectivity index (χ0) is 19.5. The molecule has 144 valence electrons. The minimum absolute atomic E-state index is 0.0713. The average molecular weight is 381 g/mol. The van der Waals surface area contributed by atoms with Crippen molar-refractivity contribution in [3.05, 3.63) is 40.3 Å². The van der Waals surface area contributed by atoms with E-state index in [0.717, 1.165) is 19.3 Å². The first-order valence-electron chi connectivity index (χ1n) is 9.46. The molecular weight excluding hydrogens is 362 g/mol. The Hall–Kier alpha value is -3.23. The monoisotopic (exact) mass is 381 g/mol. The summed E-state index contributed by atoms with van der Waals surface area (Å²) in [5.41, 5.74) is -0.950. The van der Waals surface area contributed by atoms with E-state index in [-0.39, 0.29) is 12.0 Å². The summed E-state index contributed by atoms with van der Waals surface area (Å²) < 4.78 is 1.43. The highest BCUT2D eigenvalue weighted by atomic mass is 16.2. The maximum atomic E-state index is 13.2. The van der Waals surface area contributed by atoms with Crippen molar-refractivity contribution < 1.29 is 14.4 Å². The van der Waals surface area contributed by atoms with Crippen LogP contribution >= 0.6 is 0 Å². The predicted octanol–water partition coefficient (Wildman–Crippen LogP) is 0.352. The predicted molar refractivity (Wildman–Crippen MR) is 98.9 cm³/mol. The molecule has 0 bridgehead atoms. The van der Waals surface area contributed by atoms with Gasteiger partial charge in [-0.2, -0.15) is 0 Å². The van der Waals surface area contributed by atoms with E-state index in [4.69, 9.17) is 4.98 Å². The van der Waals surface area contributed by atoms with Crippen molar-refractivity contribution in [1.82, 2.24) is 20.0 Å². The fourth-order valence-corrected chi connectivity index (χ4v) is 4.80. The molecule has 3 aliphatic heterocycles. The molecule has 2 N–H and O–H groups in total. The number of carbonyl (C=O) groups is 3. The first kappa shape index (κ1) is 16.9. The van der Waals surface area contributed by atoms with Crippen LogP contribution in [0.25, 0.3) is 5.65 Å². The van der Waals surface area contributed by atoms with Gasteiger partial charge in [-0.15, -0.1) is 0 Å². The number of nitrogens with one attached hydrogen (secondary N) is 2. The summed E-state index contributed by atoms with van der Waals surface area (Å²) in [7, 11) is 0. The number of carbonyl (C=O) groups excluding carboxylic acids is 3. The van der Waals surface area contributed by atoms with Gasteiger partial charge in [-0.3, -0.25) is 29.4 Å². The van der Waals surface area contributed by atoms with Crippen molar-refractivity contribution in [1.29, 1.82) is 0 Å². The lowest BCUT2D eigenvalue weighted by atomic mass is 9.68. The van der Waals surface area contributed by atoms with Gasteiger partial charge in [-0.25, -0.2) is 9.78 Å². The molecule has 9 heteroatoms. The number of hydrogen-bond acceptors (Lipinski definition) is 6. The third kappa shape index (κ3) is 2.15. The molecule has 9 nitrogen and oxygen atoms in total. The van der Waals surface area contributed by atoms with Crippen LogP contribution in [0.3, 0.4) is 0 Å². The molecule has 1 atom stereocenters. The Morgan fingerprint density at radius 2 is 1.82 bits per heavy atom. The summed E-state index contributed by atoms with van der Waals surface area (Å²) in [5, 5.41) is 4.49. The largest absolute Gasteiger partial charge is 0.352 e. The van der Waals surface area contributed by atoms with Crippen molar-refractivity contribution in [2.24, 2.45) is 5.41 Å². The molecule has 0 aromatic carbocycles. The number of urea groups is 1. The number of pyridine rings is 1. The van der Waals surface area contributed by atoms with Gasteiger partial charge in [-0.1, -0.05) is 18.9 Å². The Balaban J connectivity index is 1.78. The van der Waals surface area contributed by atoms with Gasteiger partial charge in [0.25, 0.3) is 5.56 Å². The number of nitrogens with zero attached hydrogens (tertiary/aromatic N) is 3. The number of imide groups is 2. The van der Waals surface area contributed by atoms with Gasteiger partial charge < -0.3 is 4.90 Å². The molecule has 3 aliphatic rings. The summed E-state index contributed by atoms with van der Waals surface area (Å²) in [6.45, 7) is 0.601. The summed E-state index contributed by atoms with van der Waals surface area (Å²) in [5.74, 6) is -0.728. The van der Waals surface area contributed by atoms with Crippen molar-refractivity contribution in [3.63, 3.8) is 0 Å². The zero-order valence-corrected chi connectivity index (χ0v) is 15.1. The molecule has 2 saturated heterocycles. The Morgan fingerprint density at radius 1 is 1.04 bits per heavy atom. The molecule has 0 saturated carbocycles. The van der Waals surface area contributed by atoms with Gasteiger partial charge in [0.1, 0.15) is 11.5 Å². The molecule has 4 amide bonds. The molecule has 5 heterocycles. The van der Waals surface area contributed by atoms with Crippen LogP contribution in [0, 0.1) is 5.41 Å². The zero-order valence-electron chi connectivity index (χ0n) is 15.1. The van der Waals surface area contributed by atoms with E-state index in [9.17, 15) is 19.2 Å². The summed E-state index contributed by atoms with van der Waals surface area (Å²) >= 11 is 0. The third-order valence-electron chi connectivity index (χ3n) is 6.12. The Morgan fingerprint density at radius 3 is 2.61 bits per heavy atom. The molecule has 5 rings (SSSR count). The van der Waals surface area contributed by atoms with Gasteiger partial charge in [0.05, 0.1) is 11.6 Å². The number of anilines is 1. The van der Waals surface area contributed by atoms with Crippen LogP contribution in [0.5, 0.6) is 0 Å². The number of rotatable bonds is 0. The third-order valence-corrected chi connectivity index (χ3v) is 6.12. The second-order valence-electron chi connectivity index (χ2n) is 7.59. The number of hydrogen-bond donors (Lipinski definition) is 2. The van der Waals surface area contributed by atoms with E-state index in [1.807, 2.05) is 11.0 Å². The molecule has 28 heavy (non-hydrogen) atoms. The van der Waals surface area contributed by atoms with Crippen molar-refractivity contribution in [3.8, 4) is 0 Å². The lowest BCUT2D eigenvalue weighted by Crippen LogP contribution is -2.71. The minimum Gasteiger partial charge on any atom is -0.352 e. The van der Waals surface area contributed by atoms with Crippen molar-refractivity contribution >= 4 is 29.3 Å². The standard InChI is InChI=1S/C19H19N5O4/c25-15-11-10-19(16(26)21-18(28)22-17(19)27)12-6-2-1-4-8-23(12)14(11)20-13-7-3-5-9-24(13)15/h3,5,7,9,12H,1-2,4,6,8,10H2,(H2,21,22,26,27,28). The Kier molecular flexibility index (Phi) is 3.55. The topological polar surface area (TPSA) is 113 Å². The van der Waals surface area contributed by atoms with Crippen LogP contribution in [0.2, 0.25) is 0 Å². The fraction of sp³-hybridized carbons (Fsp3) is 0.421. The molecular formula is C19H19N5O4.